The van der Waals surface area contributed by atoms with Crippen LogP contribution in [0.1, 0.15) is 11.1 Å². The minimum absolute atomic E-state index is 0.130. The molecular formula is C15H11F3N4OS. The van der Waals surface area contributed by atoms with E-state index in [9.17, 15) is 18.3 Å². The van der Waals surface area contributed by atoms with Gasteiger partial charge in [0.1, 0.15) is 5.75 Å². The molecule has 3 aromatic rings. The Morgan fingerprint density at radius 1 is 1.00 bits per heavy atom. The molecule has 2 aromatic carbocycles. The first-order chi connectivity index (χ1) is 11.4. The molecular weight excluding hydrogens is 341 g/mol. The highest BCUT2D eigenvalue weighted by molar-refractivity contribution is 7.98. The van der Waals surface area contributed by atoms with Crippen LogP contribution >= 0.6 is 11.8 Å². The van der Waals surface area contributed by atoms with Crippen LogP contribution in [0.5, 0.6) is 5.75 Å². The largest absolute Gasteiger partial charge is 0.508 e. The second-order valence-corrected chi connectivity index (χ2v) is 5.82. The summed E-state index contributed by atoms with van der Waals surface area (Å²) in [5, 5.41) is 21.2. The Morgan fingerprint density at radius 3 is 2.29 bits per heavy atom. The Bertz CT molecular complexity index is 816. The summed E-state index contributed by atoms with van der Waals surface area (Å²) in [6, 6.07) is 11.3. The number of benzene rings is 2. The van der Waals surface area contributed by atoms with Crippen LogP contribution in [-0.4, -0.2) is 25.3 Å². The molecule has 0 saturated carbocycles. The molecule has 1 N–H and O–H groups in total. The van der Waals surface area contributed by atoms with Gasteiger partial charge in [-0.25, -0.2) is 0 Å². The van der Waals surface area contributed by atoms with Crippen molar-refractivity contribution in [3.8, 4) is 11.4 Å². The number of nitrogens with zero attached hydrogens (tertiary/aromatic N) is 4. The molecule has 0 aliphatic rings. The van der Waals surface area contributed by atoms with Gasteiger partial charge in [-0.3, -0.25) is 0 Å². The molecule has 0 aliphatic carbocycles. The normalized spacial score (nSPS) is 11.6. The molecule has 0 saturated heterocycles. The van der Waals surface area contributed by atoms with Crippen LogP contribution in [0.4, 0.5) is 13.2 Å². The summed E-state index contributed by atoms with van der Waals surface area (Å²) < 4.78 is 39.1. The molecule has 124 valence electrons. The third kappa shape index (κ3) is 3.67. The number of thioether (sulfide) groups is 1. The second-order valence-electron chi connectivity index (χ2n) is 4.87. The van der Waals surface area contributed by atoms with Crippen molar-refractivity contribution in [2.24, 2.45) is 0 Å². The van der Waals surface area contributed by atoms with E-state index in [-0.39, 0.29) is 5.75 Å². The highest BCUT2D eigenvalue weighted by Crippen LogP contribution is 2.30. The van der Waals surface area contributed by atoms with Crippen LogP contribution in [0.15, 0.2) is 53.7 Å². The molecule has 0 bridgehead atoms. The van der Waals surface area contributed by atoms with Gasteiger partial charge in [0.05, 0.1) is 11.3 Å². The summed E-state index contributed by atoms with van der Waals surface area (Å²) in [7, 11) is 0. The Kier molecular flexibility index (Phi) is 4.43. The third-order valence-electron chi connectivity index (χ3n) is 3.18. The molecule has 0 fully saturated rings. The Balaban J connectivity index is 1.72. The van der Waals surface area contributed by atoms with Gasteiger partial charge in [-0.05, 0) is 52.4 Å². The minimum Gasteiger partial charge on any atom is -0.508 e. The highest BCUT2D eigenvalue weighted by Gasteiger charge is 2.29. The lowest BCUT2D eigenvalue weighted by Crippen LogP contribution is -2.04. The summed E-state index contributed by atoms with van der Waals surface area (Å²) in [6.07, 6.45) is -4.34. The van der Waals surface area contributed by atoms with Crippen molar-refractivity contribution in [3.05, 3.63) is 59.7 Å². The van der Waals surface area contributed by atoms with Gasteiger partial charge < -0.3 is 5.11 Å². The maximum atomic E-state index is 12.5. The molecule has 24 heavy (non-hydrogen) atoms. The average Bonchev–Trinajstić information content (AvgIpc) is 3.02. The predicted molar refractivity (Wildman–Crippen MR) is 81.8 cm³/mol. The van der Waals surface area contributed by atoms with Gasteiger partial charge in [-0.2, -0.15) is 17.9 Å². The lowest BCUT2D eigenvalue weighted by Gasteiger charge is -2.07. The molecule has 1 heterocycles. The molecule has 0 radical (unpaired) electrons. The van der Waals surface area contributed by atoms with Crippen LogP contribution in [0.25, 0.3) is 5.69 Å². The monoisotopic (exact) mass is 352 g/mol. The Hall–Kier alpha value is -2.55. The van der Waals surface area contributed by atoms with E-state index in [1.165, 1.54) is 40.7 Å². The highest BCUT2D eigenvalue weighted by atomic mass is 32.2. The predicted octanol–water partition coefficient (Wildman–Crippen LogP) is 3.68. The topological polar surface area (TPSA) is 63.8 Å². The fourth-order valence-corrected chi connectivity index (χ4v) is 2.81. The number of hydrogen-bond acceptors (Lipinski definition) is 5. The van der Waals surface area contributed by atoms with Crippen LogP contribution in [0.3, 0.4) is 0 Å². The van der Waals surface area contributed by atoms with Gasteiger partial charge in [0, 0.05) is 5.75 Å². The van der Waals surface area contributed by atoms with E-state index >= 15 is 0 Å². The fourth-order valence-electron chi connectivity index (χ4n) is 1.96. The van der Waals surface area contributed by atoms with Gasteiger partial charge in [0.15, 0.2) is 0 Å². The summed E-state index contributed by atoms with van der Waals surface area (Å²) in [5.41, 5.74) is 0.728. The molecule has 0 amide bonds. The smallest absolute Gasteiger partial charge is 0.416 e. The van der Waals surface area contributed by atoms with E-state index in [1.54, 1.807) is 12.1 Å². The summed E-state index contributed by atoms with van der Waals surface area (Å²) in [5.74, 6) is 0.558. The molecule has 9 heteroatoms. The van der Waals surface area contributed by atoms with Crippen molar-refractivity contribution in [2.45, 2.75) is 17.1 Å². The second kappa shape index (κ2) is 6.52. The zero-order chi connectivity index (χ0) is 17.2. The number of rotatable bonds is 4. The van der Waals surface area contributed by atoms with Gasteiger partial charge in [-0.15, -0.1) is 5.10 Å². The standard InChI is InChI=1S/C15H11F3N4OS/c16-15(17,18)11-3-1-10(2-4-11)9-24-14-19-20-21-22(14)12-5-7-13(23)8-6-12/h1-8,23H,9H2. The molecule has 0 spiro atoms. The fraction of sp³-hybridized carbons (Fsp3) is 0.133. The Labute approximate surface area is 139 Å². The van der Waals surface area contributed by atoms with Crippen molar-refractivity contribution in [1.29, 1.82) is 0 Å². The van der Waals surface area contributed by atoms with Crippen molar-refractivity contribution in [2.75, 3.05) is 0 Å². The van der Waals surface area contributed by atoms with E-state index in [4.69, 9.17) is 0 Å². The van der Waals surface area contributed by atoms with Crippen molar-refractivity contribution >= 4 is 11.8 Å². The van der Waals surface area contributed by atoms with Gasteiger partial charge >= 0.3 is 6.18 Å². The maximum Gasteiger partial charge on any atom is 0.416 e. The molecule has 0 atom stereocenters. The van der Waals surface area contributed by atoms with Crippen LogP contribution in [-0.2, 0) is 11.9 Å². The molecule has 0 aliphatic heterocycles. The number of aromatic nitrogens is 4. The zero-order valence-electron chi connectivity index (χ0n) is 12.1. The van der Waals surface area contributed by atoms with E-state index in [0.717, 1.165) is 17.7 Å². The van der Waals surface area contributed by atoms with Crippen LogP contribution in [0.2, 0.25) is 0 Å². The average molecular weight is 352 g/mol. The van der Waals surface area contributed by atoms with E-state index < -0.39 is 11.7 Å². The van der Waals surface area contributed by atoms with Crippen LogP contribution in [0, 0.1) is 0 Å². The first-order valence-corrected chi connectivity index (χ1v) is 7.79. The number of hydrogen-bond donors (Lipinski definition) is 1. The number of tetrazole rings is 1. The third-order valence-corrected chi connectivity index (χ3v) is 4.17. The van der Waals surface area contributed by atoms with Gasteiger partial charge in [0.25, 0.3) is 0 Å². The molecule has 0 unspecified atom stereocenters. The first kappa shape index (κ1) is 16.3. The zero-order valence-corrected chi connectivity index (χ0v) is 12.9. The minimum atomic E-state index is -4.34. The van der Waals surface area contributed by atoms with Crippen molar-refractivity contribution < 1.29 is 18.3 Å². The van der Waals surface area contributed by atoms with Gasteiger partial charge in [-0.1, -0.05) is 23.9 Å². The van der Waals surface area contributed by atoms with E-state index in [0.29, 0.717) is 16.6 Å². The number of halogens is 3. The van der Waals surface area contributed by atoms with Crippen molar-refractivity contribution in [1.82, 2.24) is 20.2 Å². The van der Waals surface area contributed by atoms with Crippen molar-refractivity contribution in [3.63, 3.8) is 0 Å². The summed E-state index contributed by atoms with van der Waals surface area (Å²) >= 11 is 1.30. The number of phenols is 1. The SMILES string of the molecule is Oc1ccc(-n2nnnc2SCc2ccc(C(F)(F)F)cc2)cc1. The number of phenolic OH excluding ortho intramolecular Hbond substituents is 1. The number of aromatic hydroxyl groups is 1. The summed E-state index contributed by atoms with van der Waals surface area (Å²) in [4.78, 5) is 0. The first-order valence-electron chi connectivity index (χ1n) is 6.80. The maximum absolute atomic E-state index is 12.5. The number of alkyl halides is 3. The molecule has 3 rings (SSSR count). The summed E-state index contributed by atoms with van der Waals surface area (Å²) in [6.45, 7) is 0. The van der Waals surface area contributed by atoms with E-state index in [1.807, 2.05) is 0 Å². The van der Waals surface area contributed by atoms with Gasteiger partial charge in [0.2, 0.25) is 5.16 Å². The van der Waals surface area contributed by atoms with Crippen LogP contribution < -0.4 is 0 Å². The quantitative estimate of drug-likeness (QED) is 0.726. The lowest BCUT2D eigenvalue weighted by molar-refractivity contribution is -0.137. The Morgan fingerprint density at radius 2 is 1.67 bits per heavy atom. The lowest BCUT2D eigenvalue weighted by atomic mass is 10.1. The molecule has 5 nitrogen and oxygen atoms in total. The van der Waals surface area contributed by atoms with E-state index in [2.05, 4.69) is 15.5 Å². The molecule has 1 aromatic heterocycles.